The second-order valence-electron chi connectivity index (χ2n) is 5.95. The molecule has 2 rings (SSSR count). The molecule has 0 aliphatic carbocycles. The van der Waals surface area contributed by atoms with Crippen LogP contribution in [0, 0.1) is 0 Å². The normalized spacial score (nSPS) is 12.2. The zero-order valence-corrected chi connectivity index (χ0v) is 17.6. The van der Waals surface area contributed by atoms with Crippen LogP contribution in [-0.2, 0) is 9.63 Å². The van der Waals surface area contributed by atoms with Crippen LogP contribution in [0.2, 0.25) is 0 Å². The number of carbonyl (C=O) groups excluding carboxylic acids is 1. The number of allylic oxidation sites excluding steroid dienone is 1. The molecule has 0 unspecified atom stereocenters. The van der Waals surface area contributed by atoms with E-state index in [1.807, 2.05) is 30.5 Å². The molecule has 2 aromatic rings. The lowest BCUT2D eigenvalue weighted by Crippen LogP contribution is -2.13. The number of nitrogens with zero attached hydrogens (tertiary/aromatic N) is 3. The zero-order valence-electron chi connectivity index (χ0n) is 16.8. The molecular weight excluding hydrogens is 404 g/mol. The van der Waals surface area contributed by atoms with Crippen LogP contribution in [0.3, 0.4) is 0 Å². The maximum Gasteiger partial charge on any atom is 0.180 e. The summed E-state index contributed by atoms with van der Waals surface area (Å²) in [6, 6.07) is 7.63. The fourth-order valence-corrected chi connectivity index (χ4v) is 2.87. The molecule has 1 aromatic heterocycles. The van der Waals surface area contributed by atoms with Gasteiger partial charge in [-0.3, -0.25) is 9.79 Å². The number of nitrogens with one attached hydrogen (secondary N) is 1. The Balaban J connectivity index is 1.83. The van der Waals surface area contributed by atoms with Crippen LogP contribution in [-0.4, -0.2) is 56.5 Å². The van der Waals surface area contributed by atoms with Gasteiger partial charge < -0.3 is 26.4 Å². The van der Waals surface area contributed by atoms with Crippen molar-refractivity contribution in [3.05, 3.63) is 47.1 Å². The summed E-state index contributed by atoms with van der Waals surface area (Å²) in [6.07, 6.45) is 5.18. The Kier molecular flexibility index (Phi) is 10.0. The van der Waals surface area contributed by atoms with Gasteiger partial charge in [0, 0.05) is 37.0 Å². The number of rotatable bonds is 13. The summed E-state index contributed by atoms with van der Waals surface area (Å²) in [5.74, 6) is 0.693. The van der Waals surface area contributed by atoms with Crippen LogP contribution >= 0.6 is 11.3 Å². The summed E-state index contributed by atoms with van der Waals surface area (Å²) < 4.78 is 5.64. The quantitative estimate of drug-likeness (QED) is 0.190. The number of aldehydes is 1. The lowest BCUT2D eigenvalue weighted by Gasteiger charge is -2.08. The van der Waals surface area contributed by atoms with Crippen LogP contribution in [0.4, 0.5) is 5.13 Å². The molecule has 0 atom stereocenters. The molecule has 0 fully saturated rings. The Hall–Kier alpha value is -3.24. The first kappa shape index (κ1) is 23.0. The number of benzene rings is 1. The van der Waals surface area contributed by atoms with Gasteiger partial charge in [0.05, 0.1) is 0 Å². The molecule has 160 valence electrons. The first-order valence-electron chi connectivity index (χ1n) is 9.33. The number of carbonyl (C=O) groups is 1. The number of ether oxygens (including phenoxy) is 1. The third-order valence-electron chi connectivity index (χ3n) is 3.74. The fraction of sp³-hybridized carbons (Fsp3) is 0.300. The topological polar surface area (TPSA) is 137 Å². The molecule has 0 bridgehead atoms. The SMILES string of the molecule is CN=C/C(=C\NCCCN)c1ccc(OCCO/N=C(\C=O)c2csc(N)n2)cc1. The number of aliphatic imine (C=N–C) groups is 1. The predicted octanol–water partition coefficient (Wildman–Crippen LogP) is 1.70. The van der Waals surface area contributed by atoms with Crippen molar-refractivity contribution < 1.29 is 14.4 Å². The highest BCUT2D eigenvalue weighted by atomic mass is 32.1. The third kappa shape index (κ3) is 7.64. The van der Waals surface area contributed by atoms with E-state index in [0.29, 0.717) is 29.4 Å². The molecule has 0 spiro atoms. The molecule has 10 heteroatoms. The lowest BCUT2D eigenvalue weighted by atomic mass is 10.1. The van der Waals surface area contributed by atoms with E-state index >= 15 is 0 Å². The number of oxime groups is 1. The minimum Gasteiger partial charge on any atom is -0.490 e. The van der Waals surface area contributed by atoms with E-state index in [4.69, 9.17) is 21.0 Å². The molecule has 0 aliphatic rings. The summed E-state index contributed by atoms with van der Waals surface area (Å²) in [6.45, 7) is 1.91. The molecule has 1 aromatic carbocycles. The third-order valence-corrected chi connectivity index (χ3v) is 4.41. The molecule has 5 N–H and O–H groups in total. The Bertz CT molecular complexity index is 877. The van der Waals surface area contributed by atoms with Gasteiger partial charge in [0.25, 0.3) is 0 Å². The standard InChI is InChI=1S/C20H26N6O3S/c1-23-11-16(12-24-8-2-7-21)15-3-5-17(6-4-15)28-9-10-29-26-18(13-27)19-14-30-20(22)25-19/h3-6,11-14,24H,2,7-10,21H2,1H3,(H2,22,25)/b16-12+,23-11?,26-18+. The van der Waals surface area contributed by atoms with E-state index in [9.17, 15) is 4.79 Å². The van der Waals surface area contributed by atoms with Gasteiger partial charge in [-0.2, -0.15) is 0 Å². The second-order valence-corrected chi connectivity index (χ2v) is 6.84. The van der Waals surface area contributed by atoms with Gasteiger partial charge in [-0.25, -0.2) is 4.98 Å². The van der Waals surface area contributed by atoms with E-state index in [1.165, 1.54) is 11.3 Å². The molecule has 0 aliphatic heterocycles. The highest BCUT2D eigenvalue weighted by Crippen LogP contribution is 2.17. The van der Waals surface area contributed by atoms with Crippen LogP contribution in [0.5, 0.6) is 5.75 Å². The first-order chi connectivity index (χ1) is 14.7. The minimum absolute atomic E-state index is 0.0873. The maximum atomic E-state index is 11.1. The van der Waals surface area contributed by atoms with Crippen molar-refractivity contribution in [2.75, 3.05) is 39.1 Å². The van der Waals surface area contributed by atoms with Crippen LogP contribution < -0.4 is 21.5 Å². The average Bonchev–Trinajstić information content (AvgIpc) is 3.19. The summed E-state index contributed by atoms with van der Waals surface area (Å²) >= 11 is 1.23. The zero-order chi connectivity index (χ0) is 21.6. The van der Waals surface area contributed by atoms with Gasteiger partial charge in [-0.1, -0.05) is 17.3 Å². The van der Waals surface area contributed by atoms with Crippen molar-refractivity contribution in [3.8, 4) is 5.75 Å². The van der Waals surface area contributed by atoms with Crippen LogP contribution in [0.1, 0.15) is 17.7 Å². The van der Waals surface area contributed by atoms with Crippen LogP contribution in [0.25, 0.3) is 5.57 Å². The molecular formula is C20H26N6O3S. The molecule has 1 heterocycles. The summed E-state index contributed by atoms with van der Waals surface area (Å²) in [4.78, 5) is 24.3. The van der Waals surface area contributed by atoms with Gasteiger partial charge in [0.2, 0.25) is 0 Å². The summed E-state index contributed by atoms with van der Waals surface area (Å²) in [7, 11) is 1.73. The molecule has 0 amide bonds. The number of hydrogen-bond donors (Lipinski definition) is 3. The predicted molar refractivity (Wildman–Crippen MR) is 121 cm³/mol. The van der Waals surface area contributed by atoms with E-state index in [2.05, 4.69) is 20.4 Å². The largest absolute Gasteiger partial charge is 0.490 e. The minimum atomic E-state index is 0.0873. The molecule has 30 heavy (non-hydrogen) atoms. The Morgan fingerprint density at radius 3 is 2.73 bits per heavy atom. The van der Waals surface area contributed by atoms with Crippen molar-refractivity contribution in [1.29, 1.82) is 0 Å². The Labute approximate surface area is 179 Å². The van der Waals surface area contributed by atoms with Crippen molar-refractivity contribution in [3.63, 3.8) is 0 Å². The van der Waals surface area contributed by atoms with Gasteiger partial charge in [0.15, 0.2) is 23.7 Å². The smallest absolute Gasteiger partial charge is 0.180 e. The Morgan fingerprint density at radius 1 is 1.30 bits per heavy atom. The second kappa shape index (κ2) is 13.1. The summed E-state index contributed by atoms with van der Waals surface area (Å²) in [5, 5.41) is 9.01. The highest BCUT2D eigenvalue weighted by Gasteiger charge is 2.07. The number of nitrogen functional groups attached to an aromatic ring is 1. The van der Waals surface area contributed by atoms with E-state index in [1.54, 1.807) is 18.6 Å². The van der Waals surface area contributed by atoms with E-state index in [0.717, 1.165) is 24.1 Å². The van der Waals surface area contributed by atoms with Crippen molar-refractivity contribution in [1.82, 2.24) is 10.3 Å². The number of anilines is 1. The van der Waals surface area contributed by atoms with E-state index in [-0.39, 0.29) is 18.9 Å². The molecule has 9 nitrogen and oxygen atoms in total. The average molecular weight is 431 g/mol. The Morgan fingerprint density at radius 2 is 2.10 bits per heavy atom. The monoisotopic (exact) mass is 430 g/mol. The molecule has 0 saturated carbocycles. The molecule has 0 saturated heterocycles. The van der Waals surface area contributed by atoms with Crippen molar-refractivity contribution in [2.45, 2.75) is 6.42 Å². The van der Waals surface area contributed by atoms with Crippen molar-refractivity contribution in [2.24, 2.45) is 15.9 Å². The fourth-order valence-electron chi connectivity index (χ4n) is 2.31. The highest BCUT2D eigenvalue weighted by molar-refractivity contribution is 7.13. The number of hydrogen-bond acceptors (Lipinski definition) is 10. The maximum absolute atomic E-state index is 11.1. The number of aromatic nitrogens is 1. The van der Waals surface area contributed by atoms with Crippen molar-refractivity contribution >= 4 is 40.3 Å². The molecule has 0 radical (unpaired) electrons. The van der Waals surface area contributed by atoms with Gasteiger partial charge in [-0.15, -0.1) is 11.3 Å². The van der Waals surface area contributed by atoms with Gasteiger partial charge >= 0.3 is 0 Å². The summed E-state index contributed by atoms with van der Waals surface area (Å²) in [5.41, 5.74) is 13.5. The van der Waals surface area contributed by atoms with Crippen LogP contribution in [0.15, 0.2) is 46.0 Å². The lowest BCUT2D eigenvalue weighted by molar-refractivity contribution is -0.102. The van der Waals surface area contributed by atoms with Gasteiger partial charge in [-0.05, 0) is 30.7 Å². The number of thiazole rings is 1. The van der Waals surface area contributed by atoms with E-state index < -0.39 is 0 Å². The van der Waals surface area contributed by atoms with Gasteiger partial charge in [0.1, 0.15) is 18.1 Å². The number of nitrogens with two attached hydrogens (primary N) is 2. The first-order valence-corrected chi connectivity index (χ1v) is 10.2.